The minimum absolute atomic E-state index is 0.250. The lowest BCUT2D eigenvalue weighted by Crippen LogP contribution is -2.19. The normalized spacial score (nSPS) is 10.1. The van der Waals surface area contributed by atoms with Crippen LogP contribution in [0.15, 0.2) is 67.0 Å². The molecule has 1 aromatic heterocycles. The monoisotopic (exact) mass is 335 g/mol. The molecule has 1 amide bonds. The van der Waals surface area contributed by atoms with E-state index >= 15 is 0 Å². The van der Waals surface area contributed by atoms with E-state index in [1.54, 1.807) is 24.3 Å². The second-order valence-electron chi connectivity index (χ2n) is 4.95. The molecule has 0 unspecified atom stereocenters. The summed E-state index contributed by atoms with van der Waals surface area (Å²) in [6.07, 6.45) is 2.48. The maximum Gasteiger partial charge on any atom is 0.356 e. The van der Waals surface area contributed by atoms with E-state index in [4.69, 9.17) is 9.84 Å². The summed E-state index contributed by atoms with van der Waals surface area (Å²) in [4.78, 5) is 30.8. The van der Waals surface area contributed by atoms with E-state index in [2.05, 4.69) is 15.3 Å². The third-order valence-electron chi connectivity index (χ3n) is 3.21. The number of amides is 1. The summed E-state index contributed by atoms with van der Waals surface area (Å²) in [7, 11) is 0. The van der Waals surface area contributed by atoms with Gasteiger partial charge in [-0.3, -0.25) is 4.79 Å². The minimum Gasteiger partial charge on any atom is -0.476 e. The topological polar surface area (TPSA) is 101 Å². The lowest BCUT2D eigenvalue weighted by molar-refractivity contribution is 0.0685. The SMILES string of the molecule is O=C(O)c1nccnc1C(=O)Nc1ccc(Oc2ccccc2)cc1. The highest BCUT2D eigenvalue weighted by molar-refractivity contribution is 6.08. The molecule has 7 heteroatoms. The fourth-order valence-electron chi connectivity index (χ4n) is 2.08. The zero-order valence-electron chi connectivity index (χ0n) is 12.9. The number of aromatic carboxylic acids is 1. The van der Waals surface area contributed by atoms with Crippen molar-refractivity contribution in [2.75, 3.05) is 5.32 Å². The van der Waals surface area contributed by atoms with E-state index in [-0.39, 0.29) is 5.69 Å². The van der Waals surface area contributed by atoms with Crippen LogP contribution in [0.1, 0.15) is 21.0 Å². The van der Waals surface area contributed by atoms with Crippen LogP contribution in [0.3, 0.4) is 0 Å². The first-order chi connectivity index (χ1) is 12.1. The van der Waals surface area contributed by atoms with Gasteiger partial charge in [0.15, 0.2) is 11.4 Å². The van der Waals surface area contributed by atoms with Crippen molar-refractivity contribution in [2.24, 2.45) is 0 Å². The maximum absolute atomic E-state index is 12.2. The second kappa shape index (κ2) is 7.22. The fraction of sp³-hybridized carbons (Fsp3) is 0. The molecule has 124 valence electrons. The molecule has 0 spiro atoms. The molecule has 0 aliphatic rings. The molecule has 3 rings (SSSR count). The smallest absolute Gasteiger partial charge is 0.356 e. The summed E-state index contributed by atoms with van der Waals surface area (Å²) in [6, 6.07) is 16.0. The Labute approximate surface area is 142 Å². The lowest BCUT2D eigenvalue weighted by Gasteiger charge is -2.08. The van der Waals surface area contributed by atoms with Gasteiger partial charge in [0.05, 0.1) is 0 Å². The Kier molecular flexibility index (Phi) is 4.66. The summed E-state index contributed by atoms with van der Waals surface area (Å²) < 4.78 is 5.66. The molecule has 0 saturated heterocycles. The van der Waals surface area contributed by atoms with E-state index in [9.17, 15) is 9.59 Å². The number of nitrogens with zero attached hydrogens (tertiary/aromatic N) is 2. The molecule has 0 fully saturated rings. The Morgan fingerprint density at radius 1 is 0.840 bits per heavy atom. The van der Waals surface area contributed by atoms with Gasteiger partial charge in [0.25, 0.3) is 5.91 Å². The van der Waals surface area contributed by atoms with Gasteiger partial charge in [0.2, 0.25) is 0 Å². The largest absolute Gasteiger partial charge is 0.476 e. The Morgan fingerprint density at radius 2 is 1.44 bits per heavy atom. The van der Waals surface area contributed by atoms with E-state index in [0.29, 0.717) is 17.2 Å². The van der Waals surface area contributed by atoms with E-state index in [1.165, 1.54) is 12.4 Å². The van der Waals surface area contributed by atoms with Crippen LogP contribution >= 0.6 is 0 Å². The third kappa shape index (κ3) is 3.97. The van der Waals surface area contributed by atoms with Crippen molar-refractivity contribution in [2.45, 2.75) is 0 Å². The number of hydrogen-bond acceptors (Lipinski definition) is 5. The summed E-state index contributed by atoms with van der Waals surface area (Å²) >= 11 is 0. The van der Waals surface area contributed by atoms with Crippen molar-refractivity contribution in [3.05, 3.63) is 78.4 Å². The van der Waals surface area contributed by atoms with Crippen molar-refractivity contribution in [1.82, 2.24) is 9.97 Å². The quantitative estimate of drug-likeness (QED) is 0.742. The molecule has 0 bridgehead atoms. The summed E-state index contributed by atoms with van der Waals surface area (Å²) in [5.74, 6) is -0.660. The highest BCUT2D eigenvalue weighted by atomic mass is 16.5. The molecule has 0 saturated carbocycles. The first-order valence-corrected chi connectivity index (χ1v) is 7.32. The third-order valence-corrected chi connectivity index (χ3v) is 3.21. The van der Waals surface area contributed by atoms with Crippen LogP contribution in [-0.4, -0.2) is 27.0 Å². The van der Waals surface area contributed by atoms with E-state index < -0.39 is 17.6 Å². The van der Waals surface area contributed by atoms with Crippen LogP contribution in [0, 0.1) is 0 Å². The Bertz CT molecular complexity index is 896. The fourth-order valence-corrected chi connectivity index (χ4v) is 2.08. The van der Waals surface area contributed by atoms with Gasteiger partial charge in [-0.25, -0.2) is 14.8 Å². The lowest BCUT2D eigenvalue weighted by atomic mass is 10.2. The standard InChI is InChI=1S/C18H13N3O4/c22-17(15-16(18(23)24)20-11-10-19-15)21-12-6-8-14(9-7-12)25-13-4-2-1-3-5-13/h1-11H,(H,21,22)(H,23,24). The molecule has 7 nitrogen and oxygen atoms in total. The average molecular weight is 335 g/mol. The molecule has 1 heterocycles. The Hall–Kier alpha value is -3.74. The Balaban J connectivity index is 1.71. The van der Waals surface area contributed by atoms with Gasteiger partial charge >= 0.3 is 5.97 Å². The molecule has 25 heavy (non-hydrogen) atoms. The number of aromatic nitrogens is 2. The maximum atomic E-state index is 12.2. The molecule has 0 aliphatic carbocycles. The zero-order chi connectivity index (χ0) is 17.6. The predicted octanol–water partition coefficient (Wildman–Crippen LogP) is 3.22. The molecule has 0 atom stereocenters. The molecule has 3 aromatic rings. The van der Waals surface area contributed by atoms with E-state index in [0.717, 1.165) is 0 Å². The van der Waals surface area contributed by atoms with Crippen LogP contribution in [0.5, 0.6) is 11.5 Å². The minimum atomic E-state index is -1.31. The van der Waals surface area contributed by atoms with Gasteiger partial charge in [-0.1, -0.05) is 18.2 Å². The number of hydrogen-bond donors (Lipinski definition) is 2. The zero-order valence-corrected chi connectivity index (χ0v) is 12.9. The van der Waals surface area contributed by atoms with Gasteiger partial charge in [-0.2, -0.15) is 0 Å². The van der Waals surface area contributed by atoms with Gasteiger partial charge in [-0.15, -0.1) is 0 Å². The summed E-state index contributed by atoms with van der Waals surface area (Å²) in [5, 5.41) is 11.6. The number of carboxylic acids is 1. The highest BCUT2D eigenvalue weighted by Crippen LogP contribution is 2.22. The van der Waals surface area contributed by atoms with Crippen LogP contribution in [-0.2, 0) is 0 Å². The van der Waals surface area contributed by atoms with Crippen molar-refractivity contribution < 1.29 is 19.4 Å². The van der Waals surface area contributed by atoms with Crippen LogP contribution in [0.2, 0.25) is 0 Å². The number of carboxylic acid groups (broad SMARTS) is 1. The summed E-state index contributed by atoms with van der Waals surface area (Å²) in [6.45, 7) is 0. The van der Waals surface area contributed by atoms with Crippen LogP contribution < -0.4 is 10.1 Å². The van der Waals surface area contributed by atoms with Gasteiger partial charge in [0, 0.05) is 18.1 Å². The molecular formula is C18H13N3O4. The van der Waals surface area contributed by atoms with Crippen LogP contribution in [0.4, 0.5) is 5.69 Å². The molecule has 0 aliphatic heterocycles. The van der Waals surface area contributed by atoms with Crippen molar-refractivity contribution in [1.29, 1.82) is 0 Å². The number of ether oxygens (including phenoxy) is 1. The summed E-state index contributed by atoms with van der Waals surface area (Å²) in [5.41, 5.74) is -0.170. The molecule has 2 aromatic carbocycles. The average Bonchev–Trinajstić information content (AvgIpc) is 2.64. The van der Waals surface area contributed by atoms with Crippen LogP contribution in [0.25, 0.3) is 0 Å². The number of carbonyl (C=O) groups is 2. The highest BCUT2D eigenvalue weighted by Gasteiger charge is 2.19. The van der Waals surface area contributed by atoms with Crippen molar-refractivity contribution >= 4 is 17.6 Å². The second-order valence-corrected chi connectivity index (χ2v) is 4.95. The number of benzene rings is 2. The Morgan fingerprint density at radius 3 is 2.08 bits per heavy atom. The number of anilines is 1. The van der Waals surface area contributed by atoms with Crippen molar-refractivity contribution in [3.8, 4) is 11.5 Å². The number of nitrogens with one attached hydrogen (secondary N) is 1. The predicted molar refractivity (Wildman–Crippen MR) is 89.9 cm³/mol. The van der Waals surface area contributed by atoms with Gasteiger partial charge < -0.3 is 15.2 Å². The first kappa shape index (κ1) is 16.1. The molecule has 0 radical (unpaired) electrons. The molecule has 2 N–H and O–H groups in total. The van der Waals surface area contributed by atoms with E-state index in [1.807, 2.05) is 30.3 Å². The molecular weight excluding hydrogens is 322 g/mol. The number of carbonyl (C=O) groups excluding carboxylic acids is 1. The van der Waals surface area contributed by atoms with Gasteiger partial charge in [0.1, 0.15) is 11.5 Å². The first-order valence-electron chi connectivity index (χ1n) is 7.32. The number of rotatable bonds is 5. The van der Waals surface area contributed by atoms with Crippen molar-refractivity contribution in [3.63, 3.8) is 0 Å². The number of para-hydroxylation sites is 1. The van der Waals surface area contributed by atoms with Gasteiger partial charge in [-0.05, 0) is 36.4 Å².